The molecule has 0 radical (unpaired) electrons. The normalized spacial score (nSPS) is 11.5. The molecule has 5 nitrogen and oxygen atoms in total. The number of nitrogens with one attached hydrogen (secondary N) is 1. The molecule has 2 aromatic rings. The van der Waals surface area contributed by atoms with Crippen molar-refractivity contribution in [2.45, 2.75) is 10.9 Å². The van der Waals surface area contributed by atoms with Crippen LogP contribution in [0.4, 0.5) is 5.69 Å². The first-order valence-corrected chi connectivity index (χ1v) is 7.69. The number of aryl methyl sites for hydroxylation is 1. The summed E-state index contributed by atoms with van der Waals surface area (Å²) in [6.07, 6.45) is 1.28. The molecule has 0 aliphatic heterocycles. The molecule has 0 atom stereocenters. The summed E-state index contributed by atoms with van der Waals surface area (Å²) in [6.45, 7) is 0. The molecule has 0 bridgehead atoms. The quantitative estimate of drug-likeness (QED) is 0.881. The number of alkyl halides is 1. The number of rotatable bonds is 4. The van der Waals surface area contributed by atoms with Crippen LogP contribution in [-0.4, -0.2) is 18.2 Å². The van der Waals surface area contributed by atoms with Crippen molar-refractivity contribution in [1.29, 1.82) is 0 Å². The average molecular weight is 320 g/mol. The molecule has 1 aromatic carbocycles. The van der Waals surface area contributed by atoms with Crippen LogP contribution in [0.15, 0.2) is 35.5 Å². The Kier molecular flexibility index (Phi) is 4.03. The molecule has 0 saturated carbocycles. The topological polar surface area (TPSA) is 64.0 Å². The minimum Gasteiger partial charge on any atom is -0.278 e. The predicted molar refractivity (Wildman–Crippen MR) is 75.0 cm³/mol. The minimum absolute atomic E-state index is 0.0727. The van der Waals surface area contributed by atoms with Crippen LogP contribution in [0.3, 0.4) is 0 Å². The van der Waals surface area contributed by atoms with Gasteiger partial charge in [0, 0.05) is 18.6 Å². The molecular weight excluding hydrogens is 309 g/mol. The first-order valence-electron chi connectivity index (χ1n) is 5.29. The van der Waals surface area contributed by atoms with E-state index in [0.29, 0.717) is 11.6 Å². The zero-order valence-corrected chi connectivity index (χ0v) is 12.3. The molecule has 2 rings (SSSR count). The van der Waals surface area contributed by atoms with Gasteiger partial charge >= 0.3 is 0 Å². The van der Waals surface area contributed by atoms with Crippen molar-refractivity contribution in [3.05, 3.63) is 41.0 Å². The largest absolute Gasteiger partial charge is 0.280 e. The smallest absolute Gasteiger partial charge is 0.278 e. The van der Waals surface area contributed by atoms with Crippen molar-refractivity contribution in [3.63, 3.8) is 0 Å². The minimum atomic E-state index is -3.78. The van der Waals surface area contributed by atoms with Crippen LogP contribution in [0, 0.1) is 0 Å². The zero-order valence-electron chi connectivity index (χ0n) is 9.97. The number of sulfonamides is 1. The van der Waals surface area contributed by atoms with E-state index in [2.05, 4.69) is 9.82 Å². The number of hydrogen-bond donors (Lipinski definition) is 1. The van der Waals surface area contributed by atoms with Crippen LogP contribution in [0.5, 0.6) is 0 Å². The second kappa shape index (κ2) is 5.40. The first kappa shape index (κ1) is 14.2. The third-order valence-electron chi connectivity index (χ3n) is 2.43. The van der Waals surface area contributed by atoms with E-state index in [9.17, 15) is 8.42 Å². The fourth-order valence-electron chi connectivity index (χ4n) is 1.62. The van der Waals surface area contributed by atoms with Gasteiger partial charge in [0.15, 0.2) is 5.03 Å². The van der Waals surface area contributed by atoms with Crippen molar-refractivity contribution in [1.82, 2.24) is 9.78 Å². The Hall–Kier alpha value is -1.24. The maximum absolute atomic E-state index is 12.2. The molecule has 0 aliphatic rings. The molecule has 8 heteroatoms. The molecule has 0 saturated heterocycles. The Labute approximate surface area is 121 Å². The summed E-state index contributed by atoms with van der Waals surface area (Å²) in [7, 11) is -2.27. The van der Waals surface area contributed by atoms with Gasteiger partial charge in [-0.2, -0.15) is 13.5 Å². The second-order valence-corrected chi connectivity index (χ2v) is 6.13. The number of aromatic nitrogens is 2. The van der Waals surface area contributed by atoms with E-state index in [-0.39, 0.29) is 10.0 Å². The molecule has 0 spiro atoms. The highest BCUT2D eigenvalue weighted by Crippen LogP contribution is 2.23. The second-order valence-electron chi connectivity index (χ2n) is 3.86. The fourth-order valence-corrected chi connectivity index (χ4v) is 3.50. The van der Waals surface area contributed by atoms with Crippen LogP contribution >= 0.6 is 23.2 Å². The standard InChI is InChI=1S/C11H11Cl2N3O2S/c1-16-11(10(13)7-14-16)19(17,18)15-9-4-2-3-8(5-9)6-12/h2-5,7,15H,6H2,1H3. The Balaban J connectivity index is 2.36. The van der Waals surface area contributed by atoms with Gasteiger partial charge in [0.1, 0.15) is 0 Å². The number of nitrogens with zero attached hydrogens (tertiary/aromatic N) is 2. The lowest BCUT2D eigenvalue weighted by molar-refractivity contribution is 0.582. The summed E-state index contributed by atoms with van der Waals surface area (Å²) in [4.78, 5) is 0. The van der Waals surface area contributed by atoms with Crippen LogP contribution in [0.2, 0.25) is 5.02 Å². The lowest BCUT2D eigenvalue weighted by atomic mass is 10.2. The van der Waals surface area contributed by atoms with Gasteiger partial charge in [0.05, 0.1) is 11.2 Å². The van der Waals surface area contributed by atoms with E-state index in [0.717, 1.165) is 5.56 Å². The van der Waals surface area contributed by atoms with E-state index < -0.39 is 10.0 Å². The Morgan fingerprint density at radius 2 is 2.16 bits per heavy atom. The Bertz CT molecular complexity index is 678. The van der Waals surface area contributed by atoms with Gasteiger partial charge in [0.25, 0.3) is 10.0 Å². The lowest BCUT2D eigenvalue weighted by Gasteiger charge is -2.09. The zero-order chi connectivity index (χ0) is 14.0. The summed E-state index contributed by atoms with van der Waals surface area (Å²) < 4.78 is 28.1. The molecule has 0 fully saturated rings. The third-order valence-corrected chi connectivity index (χ3v) is 4.63. The summed E-state index contributed by atoms with van der Waals surface area (Å²) in [5.41, 5.74) is 1.24. The van der Waals surface area contributed by atoms with Gasteiger partial charge in [-0.1, -0.05) is 23.7 Å². The van der Waals surface area contributed by atoms with Crippen LogP contribution in [0.25, 0.3) is 0 Å². The van der Waals surface area contributed by atoms with Crippen LogP contribution in [-0.2, 0) is 23.0 Å². The van der Waals surface area contributed by atoms with Crippen molar-refractivity contribution in [2.24, 2.45) is 7.05 Å². The highest BCUT2D eigenvalue weighted by atomic mass is 35.5. The molecule has 1 N–H and O–H groups in total. The summed E-state index contributed by atoms with van der Waals surface area (Å²) in [5.74, 6) is 0.308. The van der Waals surface area contributed by atoms with Crippen molar-refractivity contribution in [3.8, 4) is 0 Å². The lowest BCUT2D eigenvalue weighted by Crippen LogP contribution is -2.17. The predicted octanol–water partition coefficient (Wildman–Crippen LogP) is 2.61. The van der Waals surface area contributed by atoms with Gasteiger partial charge < -0.3 is 0 Å². The number of benzene rings is 1. The molecule has 0 amide bonds. The fraction of sp³-hybridized carbons (Fsp3) is 0.182. The Morgan fingerprint density at radius 3 is 2.74 bits per heavy atom. The maximum Gasteiger partial charge on any atom is 0.280 e. The van der Waals surface area contributed by atoms with Crippen molar-refractivity contribution < 1.29 is 8.42 Å². The van der Waals surface area contributed by atoms with Gasteiger partial charge in [0.2, 0.25) is 0 Å². The van der Waals surface area contributed by atoms with Crippen molar-refractivity contribution in [2.75, 3.05) is 4.72 Å². The SMILES string of the molecule is Cn1ncc(Cl)c1S(=O)(=O)Nc1cccc(CCl)c1. The number of anilines is 1. The van der Waals surface area contributed by atoms with Crippen LogP contribution < -0.4 is 4.72 Å². The first-order chi connectivity index (χ1) is 8.94. The van der Waals surface area contributed by atoms with Gasteiger partial charge in [-0.05, 0) is 17.7 Å². The highest BCUT2D eigenvalue weighted by Gasteiger charge is 2.22. The maximum atomic E-state index is 12.2. The third kappa shape index (κ3) is 3.02. The monoisotopic (exact) mass is 319 g/mol. The van der Waals surface area contributed by atoms with E-state index in [1.165, 1.54) is 17.9 Å². The molecule has 1 heterocycles. The van der Waals surface area contributed by atoms with E-state index >= 15 is 0 Å². The number of hydrogen-bond acceptors (Lipinski definition) is 3. The molecule has 0 unspecified atom stereocenters. The van der Waals surface area contributed by atoms with Crippen LogP contribution in [0.1, 0.15) is 5.56 Å². The Morgan fingerprint density at radius 1 is 1.42 bits per heavy atom. The average Bonchev–Trinajstić information content (AvgIpc) is 2.69. The molecule has 1 aromatic heterocycles. The molecule has 19 heavy (non-hydrogen) atoms. The molecule has 0 aliphatic carbocycles. The highest BCUT2D eigenvalue weighted by molar-refractivity contribution is 7.92. The van der Waals surface area contributed by atoms with Gasteiger partial charge in [-0.3, -0.25) is 9.40 Å². The van der Waals surface area contributed by atoms with E-state index in [1.807, 2.05) is 6.07 Å². The molecular formula is C11H11Cl2N3O2S. The van der Waals surface area contributed by atoms with Gasteiger partial charge in [-0.15, -0.1) is 11.6 Å². The van der Waals surface area contributed by atoms with Crippen molar-refractivity contribution >= 4 is 38.9 Å². The van der Waals surface area contributed by atoms with E-state index in [1.54, 1.807) is 18.2 Å². The number of halogens is 2. The summed E-state index contributed by atoms with van der Waals surface area (Å²) >= 11 is 11.5. The molecule has 102 valence electrons. The van der Waals surface area contributed by atoms with E-state index in [4.69, 9.17) is 23.2 Å². The van der Waals surface area contributed by atoms with Gasteiger partial charge in [-0.25, -0.2) is 0 Å². The summed E-state index contributed by atoms with van der Waals surface area (Å²) in [6, 6.07) is 6.83. The summed E-state index contributed by atoms with van der Waals surface area (Å²) in [5, 5.41) is 3.80.